The fourth-order valence-electron chi connectivity index (χ4n) is 4.16. The molecule has 3 rings (SSSR count). The van der Waals surface area contributed by atoms with E-state index in [0.717, 1.165) is 23.1 Å². The van der Waals surface area contributed by atoms with E-state index in [1.807, 2.05) is 52.1 Å². The van der Waals surface area contributed by atoms with Gasteiger partial charge in [0.2, 0.25) is 0 Å². The van der Waals surface area contributed by atoms with Crippen LogP contribution in [0.15, 0.2) is 69.3 Å². The van der Waals surface area contributed by atoms with Crippen molar-refractivity contribution in [1.29, 1.82) is 5.26 Å². The van der Waals surface area contributed by atoms with Crippen molar-refractivity contribution >= 4 is 53.8 Å². The highest BCUT2D eigenvalue weighted by Gasteiger charge is 2.33. The molecule has 0 unspecified atom stereocenters. The third-order valence-electron chi connectivity index (χ3n) is 6.99. The summed E-state index contributed by atoms with van der Waals surface area (Å²) in [4.78, 5) is 37.0. The molecule has 46 heavy (non-hydrogen) atoms. The molecule has 10 nitrogen and oxygen atoms in total. The van der Waals surface area contributed by atoms with E-state index < -0.39 is 11.3 Å². The maximum absolute atomic E-state index is 12.9. The zero-order valence-corrected chi connectivity index (χ0v) is 27.6. The molecule has 0 aliphatic carbocycles. The predicted octanol–water partition coefficient (Wildman–Crippen LogP) is 5.89. The minimum Gasteiger partial charge on any atom is -0.366 e. The number of aryl methyl sites for hydroxylation is 1. The van der Waals surface area contributed by atoms with Gasteiger partial charge in [-0.2, -0.15) is 5.26 Å². The van der Waals surface area contributed by atoms with Crippen molar-refractivity contribution in [2.75, 3.05) is 49.9 Å². The fraction of sp³-hybridized carbons (Fsp3) is 0.394. The van der Waals surface area contributed by atoms with Gasteiger partial charge >= 0.3 is 0 Å². The van der Waals surface area contributed by atoms with Gasteiger partial charge in [0.25, 0.3) is 11.8 Å². The zero-order chi connectivity index (χ0) is 34.2. The van der Waals surface area contributed by atoms with Crippen LogP contribution in [0.25, 0.3) is 0 Å². The summed E-state index contributed by atoms with van der Waals surface area (Å²) in [6, 6.07) is 15.0. The van der Waals surface area contributed by atoms with Crippen molar-refractivity contribution in [3.05, 3.63) is 71.1 Å². The van der Waals surface area contributed by atoms with E-state index in [9.17, 15) is 23.6 Å². The van der Waals surface area contributed by atoms with Crippen LogP contribution in [-0.2, 0) is 10.2 Å². The van der Waals surface area contributed by atoms with Crippen LogP contribution in [0.3, 0.4) is 0 Å². The summed E-state index contributed by atoms with van der Waals surface area (Å²) in [6.07, 6.45) is 2.05. The van der Waals surface area contributed by atoms with Crippen LogP contribution in [0, 0.1) is 18.3 Å². The predicted molar refractivity (Wildman–Crippen MR) is 186 cm³/mol. The molecule has 13 heteroatoms. The molecule has 0 bridgehead atoms. The van der Waals surface area contributed by atoms with Crippen molar-refractivity contribution in [3.63, 3.8) is 0 Å². The third-order valence-corrected chi connectivity index (χ3v) is 8.03. The van der Waals surface area contributed by atoms with Crippen LogP contribution in [0.2, 0.25) is 0 Å². The molecule has 2 aromatic rings. The second kappa shape index (κ2) is 18.7. The first-order chi connectivity index (χ1) is 21.9. The molecule has 1 aliphatic rings. The smallest absolute Gasteiger partial charge is 0.255 e. The first kappa shape index (κ1) is 37.9. The van der Waals surface area contributed by atoms with E-state index >= 15 is 0 Å². The van der Waals surface area contributed by atoms with E-state index in [0.29, 0.717) is 47.6 Å². The molecular formula is C33H42F2N8O2S. The number of aliphatic imine (C=N–C) groups is 3. The largest absolute Gasteiger partial charge is 0.366 e. The van der Waals surface area contributed by atoms with Crippen LogP contribution < -0.4 is 16.0 Å². The number of nitrogens with one attached hydrogen (secondary N) is 3. The van der Waals surface area contributed by atoms with Crippen LogP contribution >= 0.6 is 11.8 Å². The van der Waals surface area contributed by atoms with Gasteiger partial charge in [0.1, 0.15) is 23.7 Å². The number of hydrogen-bond donors (Lipinski definition) is 3. The minimum atomic E-state index is -2.50. The Labute approximate surface area is 274 Å². The molecule has 1 fully saturated rings. The first-order valence-electron chi connectivity index (χ1n) is 14.6. The number of alkyl halides is 2. The van der Waals surface area contributed by atoms with Crippen molar-refractivity contribution in [3.8, 4) is 6.07 Å². The summed E-state index contributed by atoms with van der Waals surface area (Å²) in [6.45, 7) is 13.9. The van der Waals surface area contributed by atoms with Gasteiger partial charge in [-0.1, -0.05) is 30.0 Å². The van der Waals surface area contributed by atoms with Gasteiger partial charge in [-0.25, -0.2) is 8.78 Å². The Morgan fingerprint density at radius 1 is 1.20 bits per heavy atom. The number of piperidine rings is 1. The number of carbonyl (C=O) groups is 2. The number of halogens is 2. The summed E-state index contributed by atoms with van der Waals surface area (Å²) in [5, 5.41) is 19.4. The number of likely N-dealkylation sites (tertiary alicyclic amines) is 1. The number of thioether (sulfide) groups is 1. The molecule has 3 N–H and O–H groups in total. The van der Waals surface area contributed by atoms with Gasteiger partial charge in [-0.3, -0.25) is 24.7 Å². The second-order valence-corrected chi connectivity index (χ2v) is 11.9. The molecule has 1 aliphatic heterocycles. The monoisotopic (exact) mass is 652 g/mol. The summed E-state index contributed by atoms with van der Waals surface area (Å²) in [5.41, 5.74) is 3.63. The average molecular weight is 653 g/mol. The van der Waals surface area contributed by atoms with Crippen molar-refractivity contribution < 1.29 is 18.4 Å². The molecule has 2 aromatic carbocycles. The molecule has 0 atom stereocenters. The number of aldehydes is 1. The second-order valence-electron chi connectivity index (χ2n) is 10.9. The van der Waals surface area contributed by atoms with E-state index in [-0.39, 0.29) is 25.3 Å². The van der Waals surface area contributed by atoms with E-state index in [2.05, 4.69) is 50.4 Å². The summed E-state index contributed by atoms with van der Waals surface area (Å²) in [7, 11) is 1.85. The number of hydrogen-bond acceptors (Lipinski definition) is 10. The maximum Gasteiger partial charge on any atom is 0.255 e. The molecule has 246 valence electrons. The number of carbonyl (C=O) groups excluding carboxylic acids is 2. The van der Waals surface area contributed by atoms with Crippen LogP contribution in [0.5, 0.6) is 0 Å². The van der Waals surface area contributed by atoms with Crippen LogP contribution in [-0.4, -0.2) is 80.7 Å². The topological polar surface area (TPSA) is 134 Å². The Kier molecular flexibility index (Phi) is 15.4. The Morgan fingerprint density at radius 2 is 1.91 bits per heavy atom. The highest BCUT2D eigenvalue weighted by atomic mass is 32.2. The molecule has 1 amide bonds. The molecule has 0 aromatic heterocycles. The quantitative estimate of drug-likeness (QED) is 0.106. The molecule has 0 radical (unpaired) electrons. The Hall–Kier alpha value is -4.25. The number of anilines is 2. The van der Waals surface area contributed by atoms with Gasteiger partial charge in [0, 0.05) is 48.7 Å². The fourth-order valence-corrected chi connectivity index (χ4v) is 4.87. The molecule has 1 saturated heterocycles. The van der Waals surface area contributed by atoms with Crippen LogP contribution in [0.1, 0.15) is 48.2 Å². The zero-order valence-electron chi connectivity index (χ0n) is 26.8. The number of benzene rings is 2. The summed E-state index contributed by atoms with van der Waals surface area (Å²) < 4.78 is 25.0. The van der Waals surface area contributed by atoms with Gasteiger partial charge in [-0.15, -0.1) is 0 Å². The lowest BCUT2D eigenvalue weighted by atomic mass is 9.85. The number of rotatable bonds is 13. The SMILES string of the molecule is C=N/C=C(N=C)\C(=N/CNc1cc(NC(=O)c2cccc(C(C)(C)C#N)c2)ccc1C)SCNC.O=CCN1CCC(F)(F)CC1. The average Bonchev–Trinajstić information content (AvgIpc) is 3.04. The number of nitrogens with zero attached hydrogens (tertiary/aromatic N) is 5. The lowest BCUT2D eigenvalue weighted by molar-refractivity contribution is -0.111. The van der Waals surface area contributed by atoms with E-state index in [4.69, 9.17) is 0 Å². The lowest BCUT2D eigenvalue weighted by Gasteiger charge is -2.30. The Morgan fingerprint density at radius 3 is 2.52 bits per heavy atom. The standard InChI is InChI=1S/C26H31N7OS.C7H11F2NO/c1-18-10-11-21(33-24(34)19-8-7-9-20(12-19)26(2,3)15-27)13-22(18)31-16-32-25(35-17-29-5)23(30-6)14-28-4;8-7(9)1-3-10(4-2-7)5-6-11/h7-14,29,31H,4,6,16-17H2,1-3,5H3,(H,33,34);6H,1-5H2/b23-14+,32-25+;. The van der Waals surface area contributed by atoms with Gasteiger partial charge in [-0.05, 0) is 76.6 Å². The molecule has 1 heterocycles. The lowest BCUT2D eigenvalue weighted by Crippen LogP contribution is -2.40. The summed E-state index contributed by atoms with van der Waals surface area (Å²) in [5.74, 6) is -2.10. The minimum absolute atomic E-state index is 0.110. The van der Waals surface area contributed by atoms with Gasteiger partial charge in [0.15, 0.2) is 0 Å². The highest BCUT2D eigenvalue weighted by Crippen LogP contribution is 2.27. The van der Waals surface area contributed by atoms with E-state index in [1.54, 1.807) is 23.1 Å². The van der Waals surface area contributed by atoms with E-state index in [1.165, 1.54) is 18.0 Å². The van der Waals surface area contributed by atoms with Crippen molar-refractivity contribution in [1.82, 2.24) is 10.2 Å². The summed E-state index contributed by atoms with van der Waals surface area (Å²) >= 11 is 1.48. The van der Waals surface area contributed by atoms with Crippen molar-refractivity contribution in [2.24, 2.45) is 15.0 Å². The molecule has 0 saturated carbocycles. The highest BCUT2D eigenvalue weighted by molar-refractivity contribution is 8.14. The third kappa shape index (κ3) is 12.3. The Balaban J connectivity index is 0.000000562. The van der Waals surface area contributed by atoms with Gasteiger partial charge in [0.05, 0.1) is 24.2 Å². The van der Waals surface area contributed by atoms with Crippen molar-refractivity contribution in [2.45, 2.75) is 45.0 Å². The molecular weight excluding hydrogens is 610 g/mol. The Bertz CT molecular complexity index is 1460. The molecule has 0 spiro atoms. The van der Waals surface area contributed by atoms with Crippen LogP contribution in [0.4, 0.5) is 20.2 Å². The number of amides is 1. The normalized spacial score (nSPS) is 15.1. The van der Waals surface area contributed by atoms with Gasteiger partial charge < -0.3 is 20.7 Å². The number of nitriles is 1. The first-order valence-corrected chi connectivity index (χ1v) is 15.5. The maximum atomic E-state index is 12.9.